The van der Waals surface area contributed by atoms with E-state index in [2.05, 4.69) is 123 Å². The van der Waals surface area contributed by atoms with Crippen LogP contribution in [0.15, 0.2) is 140 Å². The molecule has 0 aliphatic heterocycles. The first kappa shape index (κ1) is 29.5. The normalized spacial score (nSPS) is 12.5. The zero-order chi connectivity index (χ0) is 29.4. The van der Waals surface area contributed by atoms with Gasteiger partial charge in [-0.15, -0.1) is 0 Å². The van der Waals surface area contributed by atoms with Gasteiger partial charge in [0.2, 0.25) is 0 Å². The average Bonchev–Trinajstić information content (AvgIpc) is 3.04. The number of benzene rings is 5. The van der Waals surface area contributed by atoms with Gasteiger partial charge in [-0.05, 0) is 41.6 Å². The van der Waals surface area contributed by atoms with Crippen LogP contribution in [0.1, 0.15) is 41.7 Å². The van der Waals surface area contributed by atoms with Crippen molar-refractivity contribution in [3.63, 3.8) is 0 Å². The maximum atomic E-state index is 9.97. The molecule has 5 rings (SSSR count). The van der Waals surface area contributed by atoms with Gasteiger partial charge in [-0.25, -0.2) is 0 Å². The van der Waals surface area contributed by atoms with Crippen LogP contribution in [0.5, 0.6) is 11.5 Å². The van der Waals surface area contributed by atoms with Crippen LogP contribution < -0.4 is 9.47 Å². The van der Waals surface area contributed by atoms with Crippen LogP contribution in [0.2, 0.25) is 0 Å². The second kappa shape index (κ2) is 13.3. The number of hydrogen-bond acceptors (Lipinski definition) is 4. The quantitative estimate of drug-likeness (QED) is 0.152. The molecule has 0 amide bonds. The Balaban J connectivity index is 1.44. The third-order valence-corrected chi connectivity index (χ3v) is 8.48. The third kappa shape index (κ3) is 6.41. The lowest BCUT2D eigenvalue weighted by atomic mass is 9.78. The molecular weight excluding hydrogens is 536 g/mol. The van der Waals surface area contributed by atoms with Gasteiger partial charge in [-0.3, -0.25) is 0 Å². The van der Waals surface area contributed by atoms with Crippen molar-refractivity contribution >= 4 is 11.8 Å². The predicted octanol–water partition coefficient (Wildman–Crippen LogP) is 8.49. The first-order chi connectivity index (χ1) is 20.4. The maximum Gasteiger partial charge on any atom is 0.184 e. The summed E-state index contributed by atoms with van der Waals surface area (Å²) in [5.41, 5.74) is 4.51. The number of rotatable bonds is 12. The second-order valence-corrected chi connectivity index (χ2v) is 11.9. The van der Waals surface area contributed by atoms with Crippen molar-refractivity contribution in [2.45, 2.75) is 31.0 Å². The first-order valence-corrected chi connectivity index (χ1v) is 15.7. The van der Waals surface area contributed by atoms with E-state index < -0.39 is 11.7 Å². The van der Waals surface area contributed by atoms with Crippen molar-refractivity contribution in [3.8, 4) is 11.5 Å². The Labute approximate surface area is 254 Å². The van der Waals surface area contributed by atoms with Crippen molar-refractivity contribution < 1.29 is 14.6 Å². The number of ether oxygens (including phenoxy) is 2. The molecule has 0 aromatic heterocycles. The molecule has 0 spiro atoms. The molecule has 0 aliphatic carbocycles. The number of aliphatic hydroxyl groups is 1. The third-order valence-electron chi connectivity index (χ3n) is 7.77. The van der Waals surface area contributed by atoms with Gasteiger partial charge in [0.1, 0.15) is 18.1 Å². The average molecular weight is 575 g/mol. The van der Waals surface area contributed by atoms with Crippen LogP contribution in [0, 0.1) is 0 Å². The van der Waals surface area contributed by atoms with E-state index in [1.54, 1.807) is 11.8 Å². The summed E-state index contributed by atoms with van der Waals surface area (Å²) >= 11 is 1.61. The van der Waals surface area contributed by atoms with Crippen molar-refractivity contribution in [1.82, 2.24) is 0 Å². The van der Waals surface area contributed by atoms with Crippen LogP contribution in [-0.4, -0.2) is 29.8 Å². The standard InChI is InChI=1S/C38H38O3S/c1-37(2,29-19-23-35(24-20-29)40-27-34(39)28-42-3)30-21-25-36(26-22-30)41-38(31-13-7-4-8-14-31,32-15-9-5-10-16-32)33-17-11-6-12-18-33/h4-26,34,39H,27-28H2,1-3H3/t34-/m0/s1. The van der Waals surface area contributed by atoms with Crippen molar-refractivity contribution in [3.05, 3.63) is 167 Å². The number of aliphatic hydroxyl groups excluding tert-OH is 1. The highest BCUT2D eigenvalue weighted by Gasteiger charge is 2.39. The van der Waals surface area contributed by atoms with E-state index >= 15 is 0 Å². The molecule has 42 heavy (non-hydrogen) atoms. The summed E-state index contributed by atoms with van der Waals surface area (Å²) in [6.45, 7) is 4.74. The van der Waals surface area contributed by atoms with Crippen molar-refractivity contribution in [2.24, 2.45) is 0 Å². The molecule has 1 N–H and O–H groups in total. The minimum atomic E-state index is -0.819. The Kier molecular flexibility index (Phi) is 9.36. The van der Waals surface area contributed by atoms with Crippen LogP contribution >= 0.6 is 11.8 Å². The topological polar surface area (TPSA) is 38.7 Å². The van der Waals surface area contributed by atoms with E-state index in [4.69, 9.17) is 9.47 Å². The fourth-order valence-corrected chi connectivity index (χ4v) is 5.86. The van der Waals surface area contributed by atoms with Gasteiger partial charge in [0.05, 0.1) is 6.10 Å². The first-order valence-electron chi connectivity index (χ1n) is 14.3. The molecule has 0 unspecified atom stereocenters. The molecule has 0 radical (unpaired) electrons. The highest BCUT2D eigenvalue weighted by molar-refractivity contribution is 7.98. The van der Waals surface area contributed by atoms with E-state index in [0.717, 1.165) is 28.2 Å². The largest absolute Gasteiger partial charge is 0.491 e. The van der Waals surface area contributed by atoms with Crippen LogP contribution in [-0.2, 0) is 11.0 Å². The molecule has 0 saturated heterocycles. The molecule has 214 valence electrons. The second-order valence-electron chi connectivity index (χ2n) is 11.0. The lowest BCUT2D eigenvalue weighted by Gasteiger charge is -2.36. The van der Waals surface area contributed by atoms with Gasteiger partial charge >= 0.3 is 0 Å². The van der Waals surface area contributed by atoms with E-state index in [1.165, 1.54) is 11.1 Å². The molecule has 0 bridgehead atoms. The fraction of sp³-hybridized carbons (Fsp3) is 0.211. The summed E-state index contributed by atoms with van der Waals surface area (Å²) in [7, 11) is 0. The molecule has 0 fully saturated rings. The zero-order valence-corrected chi connectivity index (χ0v) is 25.3. The Morgan fingerprint density at radius 1 is 0.571 bits per heavy atom. The molecule has 5 aromatic rings. The van der Waals surface area contributed by atoms with Gasteiger partial charge in [-0.1, -0.05) is 129 Å². The van der Waals surface area contributed by atoms with Gasteiger partial charge < -0.3 is 14.6 Å². The van der Waals surface area contributed by atoms with Crippen molar-refractivity contribution in [1.29, 1.82) is 0 Å². The summed E-state index contributed by atoms with van der Waals surface area (Å²) in [4.78, 5) is 0. The molecule has 0 aliphatic rings. The molecule has 0 heterocycles. The maximum absolute atomic E-state index is 9.97. The van der Waals surface area contributed by atoms with Gasteiger partial charge in [0, 0.05) is 27.9 Å². The Morgan fingerprint density at radius 3 is 1.38 bits per heavy atom. The molecule has 0 saturated carbocycles. The fourth-order valence-electron chi connectivity index (χ4n) is 5.38. The lowest BCUT2D eigenvalue weighted by Crippen LogP contribution is -2.36. The van der Waals surface area contributed by atoms with E-state index in [-0.39, 0.29) is 5.41 Å². The highest BCUT2D eigenvalue weighted by Crippen LogP contribution is 2.42. The Bertz CT molecular complexity index is 1420. The number of hydrogen-bond donors (Lipinski definition) is 1. The zero-order valence-electron chi connectivity index (χ0n) is 24.4. The summed E-state index contributed by atoms with van der Waals surface area (Å²) in [6.07, 6.45) is 1.51. The van der Waals surface area contributed by atoms with E-state index in [1.807, 2.05) is 36.6 Å². The summed E-state index contributed by atoms with van der Waals surface area (Å²) in [5.74, 6) is 2.21. The van der Waals surface area contributed by atoms with Gasteiger partial charge in [0.25, 0.3) is 0 Å². The minimum absolute atomic E-state index is 0.231. The number of thioether (sulfide) groups is 1. The predicted molar refractivity (Wildman–Crippen MR) is 175 cm³/mol. The smallest absolute Gasteiger partial charge is 0.184 e. The van der Waals surface area contributed by atoms with E-state index in [9.17, 15) is 5.11 Å². The molecule has 1 atom stereocenters. The Morgan fingerprint density at radius 2 is 0.976 bits per heavy atom. The highest BCUT2D eigenvalue weighted by atomic mass is 32.2. The SMILES string of the molecule is CSC[C@@H](O)COc1ccc(C(C)(C)c2ccc(OC(c3ccccc3)(c3ccccc3)c3ccccc3)cc2)cc1. The van der Waals surface area contributed by atoms with Crippen LogP contribution in [0.25, 0.3) is 0 Å². The van der Waals surface area contributed by atoms with Crippen LogP contribution in [0.3, 0.4) is 0 Å². The van der Waals surface area contributed by atoms with Gasteiger partial charge in [0.15, 0.2) is 5.60 Å². The molecule has 4 heteroatoms. The summed E-state index contributed by atoms with van der Waals surface area (Å²) in [5, 5.41) is 9.97. The van der Waals surface area contributed by atoms with Crippen LogP contribution in [0.4, 0.5) is 0 Å². The molecule has 5 aromatic carbocycles. The summed E-state index contributed by atoms with van der Waals surface area (Å²) in [6, 6.07) is 47.9. The van der Waals surface area contributed by atoms with E-state index in [0.29, 0.717) is 12.4 Å². The van der Waals surface area contributed by atoms with Crippen molar-refractivity contribution in [2.75, 3.05) is 18.6 Å². The molecule has 3 nitrogen and oxygen atoms in total. The Hall–Kier alpha value is -3.99. The minimum Gasteiger partial charge on any atom is -0.491 e. The summed E-state index contributed by atoms with van der Waals surface area (Å²) < 4.78 is 12.9. The monoisotopic (exact) mass is 574 g/mol. The molecular formula is C38H38O3S. The lowest BCUT2D eigenvalue weighted by molar-refractivity contribution is 0.126. The van der Waals surface area contributed by atoms with Gasteiger partial charge in [-0.2, -0.15) is 11.8 Å².